The second-order valence-electron chi connectivity index (χ2n) is 5.70. The molecule has 6 nitrogen and oxygen atoms in total. The van der Waals surface area contributed by atoms with Crippen molar-refractivity contribution in [2.24, 2.45) is 5.92 Å². The van der Waals surface area contributed by atoms with E-state index in [-0.39, 0.29) is 31.1 Å². The number of likely N-dealkylation sites (tertiary alicyclic amines) is 1. The monoisotopic (exact) mass is 286 g/mol. The average Bonchev–Trinajstić information content (AvgIpc) is 2.38. The number of piperidine rings is 1. The first kappa shape index (κ1) is 16.8. The molecule has 0 saturated carbocycles. The third-order valence-electron chi connectivity index (χ3n) is 3.90. The molecular formula is C14H26N2O4. The average molecular weight is 286 g/mol. The number of hydrogen-bond acceptors (Lipinski definition) is 3. The van der Waals surface area contributed by atoms with Gasteiger partial charge in [0, 0.05) is 32.8 Å². The fourth-order valence-electron chi connectivity index (χ4n) is 2.49. The fraction of sp³-hybridized carbons (Fsp3) is 0.857. The van der Waals surface area contributed by atoms with Crippen molar-refractivity contribution in [1.82, 2.24) is 9.80 Å². The molecule has 1 fully saturated rings. The molecule has 0 aromatic carbocycles. The van der Waals surface area contributed by atoms with Crippen LogP contribution in [-0.2, 0) is 9.53 Å². The molecule has 0 aliphatic carbocycles. The number of rotatable bonds is 5. The van der Waals surface area contributed by atoms with Crippen molar-refractivity contribution >= 4 is 12.0 Å². The molecule has 1 heterocycles. The number of urea groups is 1. The number of carbonyl (C=O) groups is 2. The maximum absolute atomic E-state index is 12.5. The minimum absolute atomic E-state index is 0.0119. The number of hydrogen-bond donors (Lipinski definition) is 1. The van der Waals surface area contributed by atoms with Gasteiger partial charge in [0.05, 0.1) is 12.5 Å². The molecule has 1 saturated heterocycles. The van der Waals surface area contributed by atoms with Crippen LogP contribution in [0.1, 0.15) is 33.6 Å². The van der Waals surface area contributed by atoms with Gasteiger partial charge in [0.15, 0.2) is 0 Å². The molecular weight excluding hydrogens is 260 g/mol. The summed E-state index contributed by atoms with van der Waals surface area (Å²) in [4.78, 5) is 26.6. The van der Waals surface area contributed by atoms with E-state index in [4.69, 9.17) is 9.84 Å². The lowest BCUT2D eigenvalue weighted by Gasteiger charge is -2.39. The van der Waals surface area contributed by atoms with Gasteiger partial charge in [-0.25, -0.2) is 4.79 Å². The molecule has 116 valence electrons. The second-order valence-corrected chi connectivity index (χ2v) is 5.70. The normalized spacial score (nSPS) is 22.9. The van der Waals surface area contributed by atoms with Crippen LogP contribution in [-0.4, -0.2) is 65.8 Å². The molecule has 2 amide bonds. The molecule has 1 N–H and O–H groups in total. The van der Waals surface area contributed by atoms with Gasteiger partial charge in [-0.3, -0.25) is 4.79 Å². The lowest BCUT2D eigenvalue weighted by Crippen LogP contribution is -2.53. The summed E-state index contributed by atoms with van der Waals surface area (Å²) in [5.41, 5.74) is 0. The molecule has 0 aromatic rings. The van der Waals surface area contributed by atoms with Crippen LogP contribution in [0.15, 0.2) is 0 Å². The molecule has 20 heavy (non-hydrogen) atoms. The molecule has 1 rings (SSSR count). The second kappa shape index (κ2) is 7.47. The summed E-state index contributed by atoms with van der Waals surface area (Å²) in [7, 11) is 1.67. The van der Waals surface area contributed by atoms with E-state index < -0.39 is 5.97 Å². The summed E-state index contributed by atoms with van der Waals surface area (Å²) in [5.74, 6) is -0.443. The van der Waals surface area contributed by atoms with Crippen LogP contribution < -0.4 is 0 Å². The van der Waals surface area contributed by atoms with E-state index in [1.54, 1.807) is 16.9 Å². The van der Waals surface area contributed by atoms with Crippen LogP contribution in [0.25, 0.3) is 0 Å². The number of aliphatic carboxylic acids is 1. The van der Waals surface area contributed by atoms with Crippen molar-refractivity contribution in [3.63, 3.8) is 0 Å². The van der Waals surface area contributed by atoms with E-state index >= 15 is 0 Å². The van der Waals surface area contributed by atoms with Crippen molar-refractivity contribution in [3.05, 3.63) is 0 Å². The molecule has 6 heteroatoms. The van der Waals surface area contributed by atoms with Gasteiger partial charge in [-0.2, -0.15) is 0 Å². The minimum Gasteiger partial charge on any atom is -0.481 e. The molecule has 1 aliphatic heterocycles. The quantitative estimate of drug-likeness (QED) is 0.834. The van der Waals surface area contributed by atoms with Crippen molar-refractivity contribution in [1.29, 1.82) is 0 Å². The van der Waals surface area contributed by atoms with Gasteiger partial charge in [-0.15, -0.1) is 0 Å². The summed E-state index contributed by atoms with van der Waals surface area (Å²) in [6.45, 7) is 7.46. The Labute approximate surface area is 120 Å². The smallest absolute Gasteiger partial charge is 0.320 e. The van der Waals surface area contributed by atoms with Crippen LogP contribution in [0.4, 0.5) is 4.79 Å². The first-order valence-electron chi connectivity index (χ1n) is 7.17. The summed E-state index contributed by atoms with van der Waals surface area (Å²) in [6.07, 6.45) is 0.943. The number of carboxylic acid groups (broad SMARTS) is 1. The number of methoxy groups -OCH3 is 1. The first-order valence-corrected chi connectivity index (χ1v) is 7.17. The Hall–Kier alpha value is -1.30. The number of carbonyl (C=O) groups excluding carboxylic acids is 1. The fourth-order valence-corrected chi connectivity index (χ4v) is 2.49. The van der Waals surface area contributed by atoms with Gasteiger partial charge in [-0.05, 0) is 26.2 Å². The van der Waals surface area contributed by atoms with Crippen molar-refractivity contribution < 1.29 is 19.4 Å². The Morgan fingerprint density at radius 2 is 2.10 bits per heavy atom. The highest BCUT2D eigenvalue weighted by atomic mass is 16.5. The predicted molar refractivity (Wildman–Crippen MR) is 75.6 cm³/mol. The third-order valence-corrected chi connectivity index (χ3v) is 3.90. The highest BCUT2D eigenvalue weighted by molar-refractivity contribution is 5.76. The lowest BCUT2D eigenvalue weighted by molar-refractivity contribution is -0.137. The summed E-state index contributed by atoms with van der Waals surface area (Å²) >= 11 is 0. The van der Waals surface area contributed by atoms with Crippen molar-refractivity contribution in [3.8, 4) is 0 Å². The van der Waals surface area contributed by atoms with Gasteiger partial charge >= 0.3 is 12.0 Å². The van der Waals surface area contributed by atoms with Gasteiger partial charge in [0.1, 0.15) is 0 Å². The van der Waals surface area contributed by atoms with E-state index in [9.17, 15) is 9.59 Å². The van der Waals surface area contributed by atoms with E-state index in [2.05, 4.69) is 6.92 Å². The number of nitrogens with zero attached hydrogens (tertiary/aromatic N) is 2. The predicted octanol–water partition coefficient (Wildman–Crippen LogP) is 1.65. The zero-order chi connectivity index (χ0) is 15.3. The van der Waals surface area contributed by atoms with Crippen LogP contribution >= 0.6 is 0 Å². The third kappa shape index (κ3) is 4.37. The summed E-state index contributed by atoms with van der Waals surface area (Å²) in [6, 6.07) is -0.0996. The maximum atomic E-state index is 12.5. The van der Waals surface area contributed by atoms with E-state index in [1.807, 2.05) is 13.8 Å². The molecule has 0 aromatic heterocycles. The highest BCUT2D eigenvalue weighted by Gasteiger charge is 2.31. The van der Waals surface area contributed by atoms with Gasteiger partial charge in [0.25, 0.3) is 0 Å². The van der Waals surface area contributed by atoms with Crippen LogP contribution in [0.5, 0.6) is 0 Å². The van der Waals surface area contributed by atoms with Gasteiger partial charge < -0.3 is 19.6 Å². The Morgan fingerprint density at radius 1 is 1.45 bits per heavy atom. The van der Waals surface area contributed by atoms with E-state index in [1.165, 1.54) is 0 Å². The highest BCUT2D eigenvalue weighted by Crippen LogP contribution is 2.21. The number of ether oxygens (including phenoxy) is 1. The number of amides is 2. The summed E-state index contributed by atoms with van der Waals surface area (Å²) < 4.78 is 5.42. The van der Waals surface area contributed by atoms with Crippen LogP contribution in [0, 0.1) is 5.92 Å². The first-order chi connectivity index (χ1) is 9.36. The van der Waals surface area contributed by atoms with Crippen LogP contribution in [0.2, 0.25) is 0 Å². The van der Waals surface area contributed by atoms with Crippen LogP contribution in [0.3, 0.4) is 0 Å². The molecule has 0 radical (unpaired) electrons. The largest absolute Gasteiger partial charge is 0.481 e. The SMILES string of the molecule is COC1CN(C(=O)N(CCC(=O)O)C(C)C)CCC1C. The van der Waals surface area contributed by atoms with Crippen molar-refractivity contribution in [2.75, 3.05) is 26.7 Å². The standard InChI is InChI=1S/C14H26N2O4/c1-10(2)16(8-6-13(17)18)14(19)15-7-5-11(3)12(9-15)20-4/h10-12H,5-9H2,1-4H3,(H,17,18). The summed E-state index contributed by atoms with van der Waals surface area (Å²) in [5, 5.41) is 8.78. The zero-order valence-corrected chi connectivity index (χ0v) is 12.8. The van der Waals surface area contributed by atoms with Gasteiger partial charge in [0.2, 0.25) is 0 Å². The zero-order valence-electron chi connectivity index (χ0n) is 12.8. The Morgan fingerprint density at radius 3 is 2.60 bits per heavy atom. The van der Waals surface area contributed by atoms with Gasteiger partial charge in [-0.1, -0.05) is 6.92 Å². The molecule has 1 aliphatic rings. The molecule has 2 unspecified atom stereocenters. The topological polar surface area (TPSA) is 70.1 Å². The molecule has 2 atom stereocenters. The van der Waals surface area contributed by atoms with E-state index in [0.29, 0.717) is 19.0 Å². The van der Waals surface area contributed by atoms with E-state index in [0.717, 1.165) is 6.42 Å². The Bertz CT molecular complexity index is 346. The lowest BCUT2D eigenvalue weighted by atomic mass is 9.96. The Balaban J connectivity index is 2.67. The Kier molecular flexibility index (Phi) is 6.26. The minimum atomic E-state index is -0.884. The molecule has 0 bridgehead atoms. The number of carboxylic acids is 1. The van der Waals surface area contributed by atoms with Crippen molar-refractivity contribution in [2.45, 2.75) is 45.8 Å². The maximum Gasteiger partial charge on any atom is 0.320 e. The molecule has 0 spiro atoms.